The van der Waals surface area contributed by atoms with Gasteiger partial charge in [-0.2, -0.15) is 0 Å². The molecule has 4 heteroatoms. The lowest BCUT2D eigenvalue weighted by molar-refractivity contribution is -0.0152. The van der Waals surface area contributed by atoms with Crippen molar-refractivity contribution in [2.45, 2.75) is 12.2 Å². The number of aliphatic hydroxyl groups is 3. The highest BCUT2D eigenvalue weighted by molar-refractivity contribution is 6.30. The molecule has 0 aromatic heterocycles. The molecule has 0 radical (unpaired) electrons. The van der Waals surface area contributed by atoms with Gasteiger partial charge in [0.05, 0.1) is 6.61 Å². The lowest BCUT2D eigenvalue weighted by atomic mass is 10.1. The zero-order chi connectivity index (χ0) is 9.84. The average molecular weight is 203 g/mol. The van der Waals surface area contributed by atoms with Crippen molar-refractivity contribution in [1.82, 2.24) is 0 Å². The van der Waals surface area contributed by atoms with E-state index in [-0.39, 0.29) is 0 Å². The topological polar surface area (TPSA) is 60.7 Å². The molecule has 3 nitrogen and oxygen atoms in total. The molecule has 2 unspecified atom stereocenters. The van der Waals surface area contributed by atoms with Crippen molar-refractivity contribution in [2.24, 2.45) is 0 Å². The third-order valence-electron chi connectivity index (χ3n) is 1.74. The Bertz CT molecular complexity index is 277. The van der Waals surface area contributed by atoms with Crippen LogP contribution in [0.15, 0.2) is 24.3 Å². The Hall–Kier alpha value is -0.610. The number of hydrogen-bond donors (Lipinski definition) is 3. The van der Waals surface area contributed by atoms with Gasteiger partial charge in [0.2, 0.25) is 0 Å². The van der Waals surface area contributed by atoms with Crippen LogP contribution in [-0.4, -0.2) is 28.0 Å². The monoisotopic (exact) mass is 202 g/mol. The number of halogens is 1. The van der Waals surface area contributed by atoms with E-state index in [1.807, 2.05) is 0 Å². The average Bonchev–Trinajstić information content (AvgIpc) is 2.15. The Morgan fingerprint density at radius 1 is 1.31 bits per heavy atom. The van der Waals surface area contributed by atoms with Gasteiger partial charge in [0.15, 0.2) is 0 Å². The van der Waals surface area contributed by atoms with E-state index in [0.29, 0.717) is 10.6 Å². The Morgan fingerprint density at radius 2 is 2.00 bits per heavy atom. The van der Waals surface area contributed by atoms with Gasteiger partial charge in [-0.3, -0.25) is 0 Å². The second kappa shape index (κ2) is 4.58. The maximum absolute atomic E-state index is 9.44. The van der Waals surface area contributed by atoms with Crippen LogP contribution in [0.4, 0.5) is 0 Å². The van der Waals surface area contributed by atoms with Gasteiger partial charge >= 0.3 is 0 Å². The minimum Gasteiger partial charge on any atom is -0.394 e. The molecule has 72 valence electrons. The summed E-state index contributed by atoms with van der Waals surface area (Å²) in [5.74, 6) is 0. The van der Waals surface area contributed by atoms with E-state index in [4.69, 9.17) is 21.8 Å². The maximum Gasteiger partial charge on any atom is 0.107 e. The SMILES string of the molecule is OCC(O)C(O)c1cccc(Cl)c1. The summed E-state index contributed by atoms with van der Waals surface area (Å²) in [6.45, 7) is -0.478. The van der Waals surface area contributed by atoms with Gasteiger partial charge in [-0.05, 0) is 17.7 Å². The van der Waals surface area contributed by atoms with E-state index in [1.54, 1.807) is 24.3 Å². The molecule has 1 aromatic rings. The lowest BCUT2D eigenvalue weighted by Gasteiger charge is -2.15. The summed E-state index contributed by atoms with van der Waals surface area (Å²) in [5, 5.41) is 27.7. The van der Waals surface area contributed by atoms with Gasteiger partial charge in [-0.1, -0.05) is 23.7 Å². The zero-order valence-corrected chi connectivity index (χ0v) is 7.65. The fourth-order valence-corrected chi connectivity index (χ4v) is 1.21. The molecule has 0 aliphatic heterocycles. The fraction of sp³-hybridized carbons (Fsp3) is 0.333. The molecule has 1 rings (SSSR count). The van der Waals surface area contributed by atoms with Gasteiger partial charge < -0.3 is 15.3 Å². The summed E-state index contributed by atoms with van der Waals surface area (Å²) in [4.78, 5) is 0. The molecule has 0 bridgehead atoms. The van der Waals surface area contributed by atoms with Crippen LogP contribution < -0.4 is 0 Å². The molecular weight excluding hydrogens is 192 g/mol. The highest BCUT2D eigenvalue weighted by Gasteiger charge is 2.16. The van der Waals surface area contributed by atoms with Crippen molar-refractivity contribution in [2.75, 3.05) is 6.61 Å². The smallest absolute Gasteiger partial charge is 0.107 e. The molecule has 0 amide bonds. The zero-order valence-electron chi connectivity index (χ0n) is 6.89. The molecule has 0 fully saturated rings. The van der Waals surface area contributed by atoms with E-state index in [0.717, 1.165) is 0 Å². The molecule has 0 saturated heterocycles. The number of rotatable bonds is 3. The van der Waals surface area contributed by atoms with Crippen molar-refractivity contribution in [1.29, 1.82) is 0 Å². The van der Waals surface area contributed by atoms with E-state index in [9.17, 15) is 5.11 Å². The van der Waals surface area contributed by atoms with Crippen LogP contribution in [0.2, 0.25) is 5.02 Å². The summed E-state index contributed by atoms with van der Waals surface area (Å²) in [6.07, 6.45) is -2.26. The van der Waals surface area contributed by atoms with Crippen molar-refractivity contribution in [3.05, 3.63) is 34.9 Å². The van der Waals surface area contributed by atoms with Gasteiger partial charge in [0, 0.05) is 5.02 Å². The minimum absolute atomic E-state index is 0.478. The first-order valence-corrected chi connectivity index (χ1v) is 4.25. The van der Waals surface area contributed by atoms with Crippen molar-refractivity contribution >= 4 is 11.6 Å². The second-order valence-electron chi connectivity index (χ2n) is 2.75. The Kier molecular flexibility index (Phi) is 3.69. The summed E-state index contributed by atoms with van der Waals surface area (Å²) in [7, 11) is 0. The third-order valence-corrected chi connectivity index (χ3v) is 1.98. The van der Waals surface area contributed by atoms with Crippen LogP contribution in [-0.2, 0) is 0 Å². The first kappa shape index (κ1) is 10.5. The largest absolute Gasteiger partial charge is 0.394 e. The van der Waals surface area contributed by atoms with Crippen LogP contribution >= 0.6 is 11.6 Å². The highest BCUT2D eigenvalue weighted by atomic mass is 35.5. The molecule has 1 aromatic carbocycles. The molecule has 2 atom stereocenters. The third kappa shape index (κ3) is 2.67. The van der Waals surface area contributed by atoms with Crippen molar-refractivity contribution in [3.8, 4) is 0 Å². The summed E-state index contributed by atoms with van der Waals surface area (Å²) < 4.78 is 0. The van der Waals surface area contributed by atoms with Crippen LogP contribution in [0.5, 0.6) is 0 Å². The van der Waals surface area contributed by atoms with Gasteiger partial charge in [0.1, 0.15) is 12.2 Å². The normalized spacial score (nSPS) is 15.4. The van der Waals surface area contributed by atoms with Crippen LogP contribution in [0.1, 0.15) is 11.7 Å². The predicted molar refractivity (Wildman–Crippen MR) is 49.5 cm³/mol. The number of aliphatic hydroxyl groups excluding tert-OH is 3. The van der Waals surface area contributed by atoms with E-state index in [2.05, 4.69) is 0 Å². The molecule has 0 aliphatic carbocycles. The second-order valence-corrected chi connectivity index (χ2v) is 3.19. The summed E-state index contributed by atoms with van der Waals surface area (Å²) in [6, 6.07) is 6.52. The van der Waals surface area contributed by atoms with Gasteiger partial charge in [0.25, 0.3) is 0 Å². The quantitative estimate of drug-likeness (QED) is 0.677. The first-order chi connectivity index (χ1) is 6.15. The number of benzene rings is 1. The molecular formula is C9H11ClO3. The fourth-order valence-electron chi connectivity index (χ4n) is 1.01. The number of hydrogen-bond acceptors (Lipinski definition) is 3. The van der Waals surface area contributed by atoms with Crippen LogP contribution in [0, 0.1) is 0 Å². The summed E-state index contributed by atoms with van der Waals surface area (Å²) in [5.41, 5.74) is 0.494. The molecule has 0 aliphatic rings. The van der Waals surface area contributed by atoms with Gasteiger partial charge in [-0.15, -0.1) is 0 Å². The Balaban J connectivity index is 2.82. The lowest BCUT2D eigenvalue weighted by Crippen LogP contribution is -2.21. The van der Waals surface area contributed by atoms with Gasteiger partial charge in [-0.25, -0.2) is 0 Å². The van der Waals surface area contributed by atoms with E-state index < -0.39 is 18.8 Å². The predicted octanol–water partition coefficient (Wildman–Crippen LogP) is 0.727. The van der Waals surface area contributed by atoms with E-state index >= 15 is 0 Å². The van der Waals surface area contributed by atoms with Crippen molar-refractivity contribution in [3.63, 3.8) is 0 Å². The standard InChI is InChI=1S/C9H11ClO3/c10-7-3-1-2-6(4-7)9(13)8(12)5-11/h1-4,8-9,11-13H,5H2. The minimum atomic E-state index is -1.17. The molecule has 0 spiro atoms. The Labute approximate surface area is 81.2 Å². The molecule has 3 N–H and O–H groups in total. The van der Waals surface area contributed by atoms with Crippen LogP contribution in [0.3, 0.4) is 0 Å². The van der Waals surface area contributed by atoms with Crippen LogP contribution in [0.25, 0.3) is 0 Å². The summed E-state index contributed by atoms with van der Waals surface area (Å²) >= 11 is 5.68. The highest BCUT2D eigenvalue weighted by Crippen LogP contribution is 2.20. The first-order valence-electron chi connectivity index (χ1n) is 3.87. The van der Waals surface area contributed by atoms with Crippen molar-refractivity contribution < 1.29 is 15.3 Å². The molecule has 13 heavy (non-hydrogen) atoms. The molecule has 0 saturated carbocycles. The maximum atomic E-state index is 9.44. The van der Waals surface area contributed by atoms with E-state index in [1.165, 1.54) is 0 Å². The molecule has 0 heterocycles. The Morgan fingerprint density at radius 3 is 2.54 bits per heavy atom.